The maximum atomic E-state index is 8.91. The van der Waals surface area contributed by atoms with Gasteiger partial charge in [-0.15, -0.1) is 0 Å². The van der Waals surface area contributed by atoms with Gasteiger partial charge in [0.05, 0.1) is 0 Å². The summed E-state index contributed by atoms with van der Waals surface area (Å²) in [6, 6.07) is 4.09. The van der Waals surface area contributed by atoms with Crippen molar-refractivity contribution in [2.24, 2.45) is 16.7 Å². The molecule has 1 aromatic rings. The van der Waals surface area contributed by atoms with Crippen LogP contribution in [-0.4, -0.2) is 16.0 Å². The average Bonchev–Trinajstić information content (AvgIpc) is 2.86. The Hall–Kier alpha value is -1.63. The molecular formula is C15H20N4. The van der Waals surface area contributed by atoms with E-state index in [1.165, 1.54) is 19.3 Å². The van der Waals surface area contributed by atoms with Gasteiger partial charge < -0.3 is 5.32 Å². The predicted octanol–water partition coefficient (Wildman–Crippen LogP) is 2.97. The summed E-state index contributed by atoms with van der Waals surface area (Å²) in [6.45, 7) is 7.05. The Morgan fingerprint density at radius 2 is 2.21 bits per heavy atom. The summed E-state index contributed by atoms with van der Waals surface area (Å²) >= 11 is 0. The highest BCUT2D eigenvalue weighted by molar-refractivity contribution is 5.34. The molecule has 0 saturated heterocycles. The lowest BCUT2D eigenvalue weighted by atomic mass is 9.68. The number of hydrogen-bond acceptors (Lipinski definition) is 4. The second kappa shape index (κ2) is 3.93. The quantitative estimate of drug-likeness (QED) is 0.883. The normalized spacial score (nSPS) is 35.1. The van der Waals surface area contributed by atoms with Gasteiger partial charge >= 0.3 is 0 Å². The lowest BCUT2D eigenvalue weighted by Gasteiger charge is -2.43. The summed E-state index contributed by atoms with van der Waals surface area (Å²) in [7, 11) is 0. The summed E-state index contributed by atoms with van der Waals surface area (Å²) in [6.07, 6.45) is 5.55. The van der Waals surface area contributed by atoms with Gasteiger partial charge in [-0.3, -0.25) is 0 Å². The molecule has 2 saturated carbocycles. The van der Waals surface area contributed by atoms with Crippen LogP contribution in [0.25, 0.3) is 0 Å². The first kappa shape index (κ1) is 12.4. The monoisotopic (exact) mass is 256 g/mol. The molecule has 2 aliphatic rings. The molecule has 1 aromatic heterocycles. The van der Waals surface area contributed by atoms with E-state index in [-0.39, 0.29) is 5.41 Å². The topological polar surface area (TPSA) is 61.6 Å². The zero-order valence-corrected chi connectivity index (χ0v) is 11.8. The third kappa shape index (κ3) is 1.80. The third-order valence-electron chi connectivity index (χ3n) is 5.31. The minimum Gasteiger partial charge on any atom is -0.350 e. The lowest BCUT2D eigenvalue weighted by Crippen LogP contribution is -2.46. The van der Waals surface area contributed by atoms with Crippen molar-refractivity contribution in [2.75, 3.05) is 5.32 Å². The second-order valence-electron chi connectivity index (χ2n) is 6.87. The summed E-state index contributed by atoms with van der Waals surface area (Å²) < 4.78 is 0. The molecule has 4 nitrogen and oxygen atoms in total. The van der Waals surface area contributed by atoms with Crippen LogP contribution in [0, 0.1) is 28.1 Å². The number of nitriles is 1. The first-order valence-electron chi connectivity index (χ1n) is 6.95. The molecule has 2 bridgehead atoms. The smallest absolute Gasteiger partial charge is 0.224 e. The van der Waals surface area contributed by atoms with Crippen molar-refractivity contribution in [2.45, 2.75) is 46.1 Å². The third-order valence-corrected chi connectivity index (χ3v) is 5.31. The zero-order chi connectivity index (χ0) is 13.7. The van der Waals surface area contributed by atoms with Crippen LogP contribution in [-0.2, 0) is 0 Å². The maximum Gasteiger partial charge on any atom is 0.224 e. The van der Waals surface area contributed by atoms with Gasteiger partial charge in [0, 0.05) is 12.2 Å². The van der Waals surface area contributed by atoms with Crippen molar-refractivity contribution in [3.05, 3.63) is 18.0 Å². The van der Waals surface area contributed by atoms with Crippen LogP contribution >= 0.6 is 0 Å². The highest BCUT2D eigenvalue weighted by atomic mass is 15.1. The molecular weight excluding hydrogens is 236 g/mol. The molecule has 0 spiro atoms. The van der Waals surface area contributed by atoms with E-state index >= 15 is 0 Å². The Morgan fingerprint density at radius 1 is 1.42 bits per heavy atom. The van der Waals surface area contributed by atoms with Crippen LogP contribution in [0.3, 0.4) is 0 Å². The SMILES string of the molecule is CC12CCC(C1)C(C)(C)C2Nc1nccc(C#N)n1. The predicted molar refractivity (Wildman–Crippen MR) is 73.4 cm³/mol. The second-order valence-corrected chi connectivity index (χ2v) is 6.87. The van der Waals surface area contributed by atoms with Gasteiger partial charge in [0.2, 0.25) is 5.95 Å². The van der Waals surface area contributed by atoms with Crippen LogP contribution < -0.4 is 5.32 Å². The molecule has 3 rings (SSSR count). The van der Waals surface area contributed by atoms with E-state index in [1.54, 1.807) is 12.3 Å². The van der Waals surface area contributed by atoms with Crippen molar-refractivity contribution in [3.8, 4) is 6.07 Å². The van der Waals surface area contributed by atoms with Gasteiger partial charge in [-0.25, -0.2) is 9.97 Å². The molecule has 0 aliphatic heterocycles. The van der Waals surface area contributed by atoms with Gasteiger partial charge in [0.15, 0.2) is 0 Å². The van der Waals surface area contributed by atoms with E-state index in [2.05, 4.69) is 42.1 Å². The minimum atomic E-state index is 0.263. The summed E-state index contributed by atoms with van der Waals surface area (Å²) in [5.41, 5.74) is 1.02. The fraction of sp³-hybridized carbons (Fsp3) is 0.667. The number of nitrogens with one attached hydrogen (secondary N) is 1. The first-order chi connectivity index (χ1) is 8.95. The van der Waals surface area contributed by atoms with Crippen molar-refractivity contribution in [3.63, 3.8) is 0 Å². The van der Waals surface area contributed by atoms with Crippen molar-refractivity contribution < 1.29 is 0 Å². The number of hydrogen-bond donors (Lipinski definition) is 1. The van der Waals surface area contributed by atoms with Crippen molar-refractivity contribution in [1.82, 2.24) is 9.97 Å². The van der Waals surface area contributed by atoms with Gasteiger partial charge in [-0.05, 0) is 42.1 Å². The average molecular weight is 256 g/mol. The standard InChI is InChI=1S/C15H20N4/c1-14(2)10-4-6-15(3,8-10)12(14)19-13-17-7-5-11(9-16)18-13/h5,7,10,12H,4,6,8H2,1-3H3,(H,17,18,19). The van der Waals surface area contributed by atoms with Crippen LogP contribution in [0.1, 0.15) is 45.7 Å². The van der Waals surface area contributed by atoms with E-state index in [9.17, 15) is 0 Å². The fourth-order valence-electron chi connectivity index (χ4n) is 4.28. The zero-order valence-electron chi connectivity index (χ0n) is 11.8. The molecule has 19 heavy (non-hydrogen) atoms. The van der Waals surface area contributed by atoms with Crippen LogP contribution in [0.2, 0.25) is 0 Å². The number of fused-ring (bicyclic) bond motifs is 2. The molecule has 0 aromatic carbocycles. The Labute approximate surface area is 114 Å². The molecule has 1 heterocycles. The van der Waals surface area contributed by atoms with Crippen LogP contribution in [0.15, 0.2) is 12.3 Å². The van der Waals surface area contributed by atoms with E-state index < -0.39 is 0 Å². The van der Waals surface area contributed by atoms with E-state index in [4.69, 9.17) is 5.26 Å². The van der Waals surface area contributed by atoms with Crippen molar-refractivity contribution >= 4 is 5.95 Å². The Kier molecular flexibility index (Phi) is 2.57. The highest BCUT2D eigenvalue weighted by Crippen LogP contribution is 2.62. The number of rotatable bonds is 2. The molecule has 2 aliphatic carbocycles. The largest absolute Gasteiger partial charge is 0.350 e. The minimum absolute atomic E-state index is 0.263. The van der Waals surface area contributed by atoms with E-state index in [1.807, 2.05) is 0 Å². The van der Waals surface area contributed by atoms with E-state index in [0.717, 1.165) is 5.92 Å². The van der Waals surface area contributed by atoms with E-state index in [0.29, 0.717) is 23.1 Å². The number of nitrogens with zero attached hydrogens (tertiary/aromatic N) is 3. The molecule has 100 valence electrons. The molecule has 3 unspecified atom stereocenters. The Bertz CT molecular complexity index is 541. The first-order valence-corrected chi connectivity index (χ1v) is 6.95. The Morgan fingerprint density at radius 3 is 2.84 bits per heavy atom. The Balaban J connectivity index is 1.88. The summed E-state index contributed by atoms with van der Waals surface area (Å²) in [4.78, 5) is 8.51. The lowest BCUT2D eigenvalue weighted by molar-refractivity contribution is 0.155. The summed E-state index contributed by atoms with van der Waals surface area (Å²) in [5, 5.41) is 12.4. The molecule has 4 heteroatoms. The molecule has 2 fully saturated rings. The van der Waals surface area contributed by atoms with Crippen LogP contribution in [0.5, 0.6) is 0 Å². The van der Waals surface area contributed by atoms with Crippen molar-refractivity contribution in [1.29, 1.82) is 5.26 Å². The van der Waals surface area contributed by atoms with Gasteiger partial charge in [-0.1, -0.05) is 20.8 Å². The maximum absolute atomic E-state index is 8.91. The summed E-state index contributed by atoms with van der Waals surface area (Å²) in [5.74, 6) is 1.38. The molecule has 0 amide bonds. The highest BCUT2D eigenvalue weighted by Gasteiger charge is 2.59. The van der Waals surface area contributed by atoms with Gasteiger partial charge in [0.1, 0.15) is 11.8 Å². The van der Waals surface area contributed by atoms with Crippen LogP contribution in [0.4, 0.5) is 5.95 Å². The molecule has 1 N–H and O–H groups in total. The fourth-order valence-corrected chi connectivity index (χ4v) is 4.28. The number of aromatic nitrogens is 2. The molecule has 3 atom stereocenters. The molecule has 0 radical (unpaired) electrons. The number of anilines is 1. The van der Waals surface area contributed by atoms with Gasteiger partial charge in [-0.2, -0.15) is 5.26 Å². The van der Waals surface area contributed by atoms with Gasteiger partial charge in [0.25, 0.3) is 0 Å².